The van der Waals surface area contributed by atoms with Crippen molar-refractivity contribution < 1.29 is 13.2 Å². The van der Waals surface area contributed by atoms with Gasteiger partial charge in [-0.2, -0.15) is 18.4 Å². The summed E-state index contributed by atoms with van der Waals surface area (Å²) in [5.41, 5.74) is 1.14. The summed E-state index contributed by atoms with van der Waals surface area (Å²) in [5.74, 6) is 1.04. The molecular weight excluding hydrogens is 381 g/mol. The third-order valence-corrected chi connectivity index (χ3v) is 3.95. The summed E-state index contributed by atoms with van der Waals surface area (Å²) in [6.07, 6.45) is -3.36. The first-order valence-electron chi connectivity index (χ1n) is 8.41. The third-order valence-electron chi connectivity index (χ3n) is 3.95. The van der Waals surface area contributed by atoms with E-state index < -0.39 is 11.7 Å². The number of aryl methyl sites for hydroxylation is 1. The lowest BCUT2D eigenvalue weighted by atomic mass is 10.2. The lowest BCUT2D eigenvalue weighted by Gasteiger charge is -2.15. The largest absolute Gasteiger partial charge is 0.416 e. The minimum atomic E-state index is -4.41. The number of nitrogens with one attached hydrogen (secondary N) is 3. The number of hydrogen-bond donors (Lipinski definition) is 3. The minimum absolute atomic E-state index is 0.281. The Morgan fingerprint density at radius 1 is 0.931 bits per heavy atom. The van der Waals surface area contributed by atoms with Gasteiger partial charge in [0.25, 0.3) is 0 Å². The number of hydrogen-bond acceptors (Lipinski definition) is 6. The molecular formula is C20H15F3N6. The first kappa shape index (κ1) is 19.8. The van der Waals surface area contributed by atoms with Crippen LogP contribution in [0.3, 0.4) is 0 Å². The maximum atomic E-state index is 12.7. The average Bonchev–Trinajstić information content (AvgIpc) is 2.68. The fourth-order valence-electron chi connectivity index (χ4n) is 2.55. The molecule has 0 saturated heterocycles. The highest BCUT2D eigenvalue weighted by molar-refractivity contribution is 5.93. The van der Waals surface area contributed by atoms with Gasteiger partial charge in [0.15, 0.2) is 0 Å². The highest BCUT2D eigenvalue weighted by Gasteiger charge is 2.30. The quantitative estimate of drug-likeness (QED) is 0.518. The highest BCUT2D eigenvalue weighted by Crippen LogP contribution is 2.31. The molecule has 0 bridgehead atoms. The van der Waals surface area contributed by atoms with E-state index in [2.05, 4.69) is 20.6 Å². The summed E-state index contributed by atoms with van der Waals surface area (Å²) in [7, 11) is 0. The summed E-state index contributed by atoms with van der Waals surface area (Å²) in [6, 6.07) is 13.2. The van der Waals surface area contributed by atoms with Crippen molar-refractivity contribution in [2.24, 2.45) is 0 Å². The fraction of sp³-hybridized carbons (Fsp3) is 0.100. The maximum absolute atomic E-state index is 12.7. The lowest BCUT2D eigenvalue weighted by molar-refractivity contribution is -0.137. The molecule has 9 heteroatoms. The normalized spacial score (nSPS) is 10.9. The van der Waals surface area contributed by atoms with E-state index in [4.69, 9.17) is 10.7 Å². The maximum Gasteiger partial charge on any atom is 0.416 e. The van der Waals surface area contributed by atoms with Crippen LogP contribution in [0.15, 0.2) is 48.5 Å². The van der Waals surface area contributed by atoms with Gasteiger partial charge in [-0.25, -0.2) is 9.97 Å². The second-order valence-corrected chi connectivity index (χ2v) is 6.04. The van der Waals surface area contributed by atoms with Gasteiger partial charge in [-0.1, -0.05) is 0 Å². The van der Waals surface area contributed by atoms with Gasteiger partial charge in [-0.15, -0.1) is 0 Å². The van der Waals surface area contributed by atoms with Crippen LogP contribution in [0.2, 0.25) is 0 Å². The third kappa shape index (κ3) is 4.68. The molecule has 2 aromatic carbocycles. The van der Waals surface area contributed by atoms with E-state index in [0.29, 0.717) is 34.1 Å². The standard InChI is InChI=1S/C20H15F3N6/c1-12-26-18(28-15-6-2-13(10-24)3-7-15)17(11-25)19(27-12)29-16-8-4-14(5-9-16)20(21,22)23/h2-9,11,25H,1H3,(H2,26,27,28,29). The fourth-order valence-corrected chi connectivity index (χ4v) is 2.55. The molecule has 0 aliphatic carbocycles. The molecule has 29 heavy (non-hydrogen) atoms. The Labute approximate surface area is 164 Å². The molecule has 0 saturated carbocycles. The van der Waals surface area contributed by atoms with E-state index in [0.717, 1.165) is 18.3 Å². The molecule has 3 rings (SSSR count). The van der Waals surface area contributed by atoms with E-state index >= 15 is 0 Å². The summed E-state index contributed by atoms with van der Waals surface area (Å²) in [4.78, 5) is 8.56. The molecule has 3 aromatic rings. The Balaban J connectivity index is 1.91. The molecule has 0 spiro atoms. The number of rotatable bonds is 5. The molecule has 1 aromatic heterocycles. The number of alkyl halides is 3. The van der Waals surface area contributed by atoms with Gasteiger partial charge < -0.3 is 16.0 Å². The minimum Gasteiger partial charge on any atom is -0.340 e. The van der Waals surface area contributed by atoms with E-state index in [1.807, 2.05) is 6.07 Å². The lowest BCUT2D eigenvalue weighted by Crippen LogP contribution is -2.08. The van der Waals surface area contributed by atoms with E-state index in [1.165, 1.54) is 12.1 Å². The van der Waals surface area contributed by atoms with Gasteiger partial charge in [-0.3, -0.25) is 0 Å². The molecule has 1 heterocycles. The van der Waals surface area contributed by atoms with Crippen LogP contribution >= 0.6 is 0 Å². The average molecular weight is 396 g/mol. The molecule has 0 fully saturated rings. The number of halogens is 3. The van der Waals surface area contributed by atoms with Crippen molar-refractivity contribution in [3.05, 3.63) is 71.0 Å². The van der Waals surface area contributed by atoms with E-state index in [9.17, 15) is 13.2 Å². The topological polar surface area (TPSA) is 97.5 Å². The van der Waals surface area contributed by atoms with Gasteiger partial charge in [0.1, 0.15) is 17.5 Å². The van der Waals surface area contributed by atoms with Crippen molar-refractivity contribution in [1.82, 2.24) is 9.97 Å². The summed E-state index contributed by atoms with van der Waals surface area (Å²) in [6.45, 7) is 1.66. The predicted octanol–water partition coefficient (Wildman–Crippen LogP) is 5.16. The molecule has 0 radical (unpaired) electrons. The van der Waals surface area contributed by atoms with Gasteiger partial charge in [0, 0.05) is 17.6 Å². The zero-order valence-electron chi connectivity index (χ0n) is 15.2. The number of nitrogens with zero attached hydrogens (tertiary/aromatic N) is 3. The monoisotopic (exact) mass is 396 g/mol. The van der Waals surface area contributed by atoms with Crippen molar-refractivity contribution in [2.75, 3.05) is 10.6 Å². The van der Waals surface area contributed by atoms with Crippen molar-refractivity contribution >= 4 is 29.2 Å². The summed E-state index contributed by atoms with van der Waals surface area (Å²) >= 11 is 0. The Hall–Kier alpha value is -3.93. The van der Waals surface area contributed by atoms with Crippen LogP contribution in [0.1, 0.15) is 22.5 Å². The van der Waals surface area contributed by atoms with Crippen LogP contribution in [-0.2, 0) is 6.18 Å². The van der Waals surface area contributed by atoms with Crippen LogP contribution in [0.5, 0.6) is 0 Å². The van der Waals surface area contributed by atoms with Crippen molar-refractivity contribution in [3.63, 3.8) is 0 Å². The number of anilines is 4. The van der Waals surface area contributed by atoms with Crippen LogP contribution in [0.25, 0.3) is 0 Å². The number of nitriles is 1. The van der Waals surface area contributed by atoms with Gasteiger partial charge in [-0.05, 0) is 55.5 Å². The number of benzene rings is 2. The SMILES string of the molecule is Cc1nc(Nc2ccc(C#N)cc2)c(C=N)c(Nc2ccc(C(F)(F)F)cc2)n1. The van der Waals surface area contributed by atoms with Crippen LogP contribution < -0.4 is 10.6 Å². The highest BCUT2D eigenvalue weighted by atomic mass is 19.4. The molecule has 3 N–H and O–H groups in total. The first-order chi connectivity index (χ1) is 13.8. The smallest absolute Gasteiger partial charge is 0.340 e. The molecule has 0 unspecified atom stereocenters. The van der Waals surface area contributed by atoms with Crippen molar-refractivity contribution in [3.8, 4) is 6.07 Å². The second kappa shape index (κ2) is 7.98. The van der Waals surface area contributed by atoms with Gasteiger partial charge in [0.05, 0.1) is 22.8 Å². The Bertz CT molecular complexity index is 1070. The van der Waals surface area contributed by atoms with Crippen LogP contribution in [-0.4, -0.2) is 16.2 Å². The Morgan fingerprint density at radius 3 is 1.83 bits per heavy atom. The Morgan fingerprint density at radius 2 is 1.41 bits per heavy atom. The molecule has 146 valence electrons. The molecule has 0 aliphatic rings. The first-order valence-corrected chi connectivity index (χ1v) is 8.41. The van der Waals surface area contributed by atoms with E-state index in [1.54, 1.807) is 31.2 Å². The summed E-state index contributed by atoms with van der Waals surface area (Å²) in [5, 5.41) is 22.6. The molecule has 0 amide bonds. The van der Waals surface area contributed by atoms with Crippen LogP contribution in [0.4, 0.5) is 36.2 Å². The van der Waals surface area contributed by atoms with Crippen molar-refractivity contribution in [2.45, 2.75) is 13.1 Å². The molecule has 6 nitrogen and oxygen atoms in total. The zero-order valence-corrected chi connectivity index (χ0v) is 15.2. The second-order valence-electron chi connectivity index (χ2n) is 6.04. The van der Waals surface area contributed by atoms with Gasteiger partial charge in [0.2, 0.25) is 0 Å². The molecule has 0 aliphatic heterocycles. The van der Waals surface area contributed by atoms with Crippen LogP contribution in [0, 0.1) is 23.7 Å². The van der Waals surface area contributed by atoms with E-state index in [-0.39, 0.29) is 5.82 Å². The summed E-state index contributed by atoms with van der Waals surface area (Å²) < 4.78 is 38.2. The van der Waals surface area contributed by atoms with Gasteiger partial charge >= 0.3 is 6.18 Å². The zero-order chi connectivity index (χ0) is 21.0. The number of aromatic nitrogens is 2. The Kier molecular flexibility index (Phi) is 5.45. The predicted molar refractivity (Wildman–Crippen MR) is 104 cm³/mol. The molecule has 0 atom stereocenters. The van der Waals surface area contributed by atoms with Crippen molar-refractivity contribution in [1.29, 1.82) is 10.7 Å².